The summed E-state index contributed by atoms with van der Waals surface area (Å²) in [6.45, 7) is 0. The van der Waals surface area contributed by atoms with Crippen LogP contribution in [0.3, 0.4) is 0 Å². The van der Waals surface area contributed by atoms with Crippen molar-refractivity contribution in [3.8, 4) is 17.4 Å². The molecule has 0 amide bonds. The van der Waals surface area contributed by atoms with Crippen molar-refractivity contribution in [3.05, 3.63) is 68.7 Å². The molecule has 4 rings (SSSR count). The molecule has 0 saturated carbocycles. The smallest absolute Gasteiger partial charge is 0.264 e. The molecule has 1 aromatic heterocycles. The van der Waals surface area contributed by atoms with Crippen molar-refractivity contribution in [1.82, 2.24) is 9.55 Å². The van der Waals surface area contributed by atoms with Crippen LogP contribution < -0.4 is 10.3 Å². The highest BCUT2D eigenvalue weighted by Gasteiger charge is 2.27. The zero-order chi connectivity index (χ0) is 21.4. The van der Waals surface area contributed by atoms with Crippen LogP contribution in [0.5, 0.6) is 17.4 Å². The Morgan fingerprint density at radius 3 is 2.77 bits per heavy atom. The van der Waals surface area contributed by atoms with Gasteiger partial charge in [-0.2, -0.15) is 0 Å². The number of phenols is 1. The topological polar surface area (TPSA) is 99.8 Å². The van der Waals surface area contributed by atoms with Gasteiger partial charge in [-0.05, 0) is 42.0 Å². The number of ether oxygens (including phenoxy) is 1. The number of nitrogens with zero attached hydrogens (tertiary/aromatic N) is 2. The Morgan fingerprint density at radius 2 is 2.03 bits per heavy atom. The number of methoxy groups -OCH3 is 1. The summed E-state index contributed by atoms with van der Waals surface area (Å²) in [6.07, 6.45) is 0.360. The van der Waals surface area contributed by atoms with E-state index in [-0.39, 0.29) is 27.2 Å². The number of hydrogen-bond donors (Lipinski definition) is 3. The average Bonchev–Trinajstić information content (AvgIpc) is 2.91. The Kier molecular flexibility index (Phi) is 5.40. The number of nitrogens with one attached hydrogen (secondary N) is 1. The molecule has 0 unspecified atom stereocenters. The molecule has 2 heterocycles. The molecule has 154 valence electrons. The third kappa shape index (κ3) is 3.61. The van der Waals surface area contributed by atoms with Crippen molar-refractivity contribution < 1.29 is 14.9 Å². The lowest BCUT2D eigenvalue weighted by atomic mass is 10.0. The number of para-hydroxylation sites is 1. The van der Waals surface area contributed by atoms with E-state index in [0.29, 0.717) is 23.6 Å². The number of rotatable bonds is 3. The van der Waals surface area contributed by atoms with Crippen LogP contribution in [0.25, 0.3) is 0 Å². The Balaban J connectivity index is 1.88. The van der Waals surface area contributed by atoms with Crippen LogP contribution in [0.2, 0.25) is 0 Å². The second-order valence-corrected chi connectivity index (χ2v) is 8.42. The first-order valence-electron chi connectivity index (χ1n) is 9.12. The quantitative estimate of drug-likeness (QED) is 0.526. The van der Waals surface area contributed by atoms with Gasteiger partial charge >= 0.3 is 0 Å². The molecule has 30 heavy (non-hydrogen) atoms. The maximum Gasteiger partial charge on any atom is 0.264 e. The lowest BCUT2D eigenvalue weighted by Gasteiger charge is -2.17. The highest BCUT2D eigenvalue weighted by molar-refractivity contribution is 7.99. The van der Waals surface area contributed by atoms with Gasteiger partial charge in [0.05, 0.1) is 18.5 Å². The summed E-state index contributed by atoms with van der Waals surface area (Å²) < 4.78 is 6.61. The van der Waals surface area contributed by atoms with E-state index in [9.17, 15) is 15.0 Å². The van der Waals surface area contributed by atoms with E-state index in [4.69, 9.17) is 21.9 Å². The van der Waals surface area contributed by atoms with E-state index >= 15 is 0 Å². The maximum absolute atomic E-state index is 12.7. The van der Waals surface area contributed by atoms with Crippen molar-refractivity contribution in [2.45, 2.75) is 16.6 Å². The summed E-state index contributed by atoms with van der Waals surface area (Å²) >= 11 is 6.66. The minimum atomic E-state index is -0.491. The van der Waals surface area contributed by atoms with Gasteiger partial charge in [-0.15, -0.1) is 11.8 Å². The number of fused-ring (bicyclic) bond motifs is 1. The van der Waals surface area contributed by atoms with E-state index in [2.05, 4.69) is 4.98 Å². The van der Waals surface area contributed by atoms with E-state index in [1.807, 2.05) is 30.3 Å². The summed E-state index contributed by atoms with van der Waals surface area (Å²) in [5, 5.41) is 20.7. The lowest BCUT2D eigenvalue weighted by Crippen LogP contribution is -2.23. The molecule has 0 spiro atoms. The first-order valence-corrected chi connectivity index (χ1v) is 10.4. The fraction of sp³-hybridized carbons (Fsp3) is 0.190. The molecule has 9 heteroatoms. The van der Waals surface area contributed by atoms with Gasteiger partial charge in [-0.25, -0.2) is 0 Å². The molecular weight excluding hydrogens is 422 g/mol. The highest BCUT2D eigenvalue weighted by atomic mass is 32.2. The Bertz CT molecular complexity index is 1280. The van der Waals surface area contributed by atoms with Crippen LogP contribution in [-0.4, -0.2) is 32.6 Å². The predicted molar refractivity (Wildman–Crippen MR) is 119 cm³/mol. The average molecular weight is 442 g/mol. The Labute approximate surface area is 181 Å². The zero-order valence-electron chi connectivity index (χ0n) is 16.2. The second kappa shape index (κ2) is 8.00. The van der Waals surface area contributed by atoms with Gasteiger partial charge in [0.2, 0.25) is 5.88 Å². The van der Waals surface area contributed by atoms with Gasteiger partial charge in [-0.3, -0.25) is 19.3 Å². The summed E-state index contributed by atoms with van der Waals surface area (Å²) in [5.41, 5.74) is 1.60. The van der Waals surface area contributed by atoms with Crippen LogP contribution in [0, 0.1) is 4.77 Å². The SMILES string of the molecule is COc1ccc([C@@H]2CC(c3c(O)n(C)c(=S)[nH]c3=O)=Nc3ccccc3S2)cc1O. The number of aromatic hydroxyl groups is 2. The fourth-order valence-corrected chi connectivity index (χ4v) is 4.73. The molecule has 1 aliphatic rings. The Morgan fingerprint density at radius 1 is 1.27 bits per heavy atom. The number of hydrogen-bond acceptors (Lipinski definition) is 7. The normalized spacial score (nSPS) is 15.8. The van der Waals surface area contributed by atoms with Gasteiger partial charge in [0, 0.05) is 23.6 Å². The third-order valence-corrected chi connectivity index (χ3v) is 6.62. The number of H-pyrrole nitrogens is 1. The van der Waals surface area contributed by atoms with Crippen LogP contribution in [0.4, 0.5) is 5.69 Å². The fourth-order valence-electron chi connectivity index (χ4n) is 3.33. The minimum absolute atomic E-state index is 0.0363. The molecule has 0 fully saturated rings. The van der Waals surface area contributed by atoms with Crippen LogP contribution in [0.1, 0.15) is 22.8 Å². The first-order chi connectivity index (χ1) is 14.4. The number of thioether (sulfide) groups is 1. The van der Waals surface area contributed by atoms with Crippen molar-refractivity contribution in [2.24, 2.45) is 12.0 Å². The lowest BCUT2D eigenvalue weighted by molar-refractivity contribution is 0.373. The van der Waals surface area contributed by atoms with E-state index in [1.165, 1.54) is 11.7 Å². The Hall–Kier alpha value is -3.04. The van der Waals surface area contributed by atoms with E-state index < -0.39 is 5.56 Å². The number of aliphatic imine (C=N–C) groups is 1. The van der Waals surface area contributed by atoms with Crippen molar-refractivity contribution in [2.75, 3.05) is 7.11 Å². The second-order valence-electron chi connectivity index (χ2n) is 6.79. The van der Waals surface area contributed by atoms with Crippen molar-refractivity contribution in [1.29, 1.82) is 0 Å². The molecule has 7 nitrogen and oxygen atoms in total. The molecule has 1 atom stereocenters. The first kappa shape index (κ1) is 20.2. The molecule has 3 aromatic rings. The summed E-state index contributed by atoms with van der Waals surface area (Å²) in [6, 6.07) is 12.8. The predicted octanol–water partition coefficient (Wildman–Crippen LogP) is 4.22. The van der Waals surface area contributed by atoms with Crippen LogP contribution in [0.15, 0.2) is 57.1 Å². The van der Waals surface area contributed by atoms with Crippen LogP contribution in [-0.2, 0) is 7.05 Å². The van der Waals surface area contributed by atoms with Crippen molar-refractivity contribution in [3.63, 3.8) is 0 Å². The number of phenolic OH excluding ortho intramolecular Hbond substituents is 1. The molecule has 0 radical (unpaired) electrons. The maximum atomic E-state index is 12.7. The van der Waals surface area contributed by atoms with E-state index in [1.54, 1.807) is 30.9 Å². The summed E-state index contributed by atoms with van der Waals surface area (Å²) in [5.74, 6) is 0.186. The van der Waals surface area contributed by atoms with Gasteiger partial charge in [0.1, 0.15) is 5.56 Å². The molecule has 0 bridgehead atoms. The van der Waals surface area contributed by atoms with E-state index in [0.717, 1.165) is 10.5 Å². The third-order valence-electron chi connectivity index (χ3n) is 4.93. The van der Waals surface area contributed by atoms with Gasteiger partial charge in [0.15, 0.2) is 16.3 Å². The summed E-state index contributed by atoms with van der Waals surface area (Å²) in [7, 11) is 3.07. The number of benzene rings is 2. The summed E-state index contributed by atoms with van der Waals surface area (Å²) in [4.78, 5) is 20.9. The standard InChI is InChI=1S/C21H19N3O4S2/c1-24-20(27)18(19(26)23-21(24)29)13-10-17(11-7-8-15(28-2)14(25)9-11)30-16-6-4-3-5-12(16)22-13/h3-9,17,25,27H,10H2,1-2H3,(H,23,26,29)/t17-/m0/s1. The largest absolute Gasteiger partial charge is 0.504 e. The monoisotopic (exact) mass is 441 g/mol. The highest BCUT2D eigenvalue weighted by Crippen LogP contribution is 2.46. The minimum Gasteiger partial charge on any atom is -0.504 e. The molecule has 0 aliphatic carbocycles. The molecule has 2 aromatic carbocycles. The molecular formula is C21H19N3O4S2. The van der Waals surface area contributed by atoms with Crippen LogP contribution >= 0.6 is 24.0 Å². The zero-order valence-corrected chi connectivity index (χ0v) is 17.9. The molecule has 0 saturated heterocycles. The van der Waals surface area contributed by atoms with Gasteiger partial charge < -0.3 is 14.9 Å². The molecule has 3 N–H and O–H groups in total. The van der Waals surface area contributed by atoms with Gasteiger partial charge in [-0.1, -0.05) is 18.2 Å². The number of aromatic amines is 1. The van der Waals surface area contributed by atoms with Gasteiger partial charge in [0.25, 0.3) is 5.56 Å². The van der Waals surface area contributed by atoms with Crippen molar-refractivity contribution >= 4 is 35.4 Å². The molecule has 1 aliphatic heterocycles. The number of aromatic nitrogens is 2.